The number of halogens is 2. The summed E-state index contributed by atoms with van der Waals surface area (Å²) in [6, 6.07) is 15.8. The molecule has 1 unspecified atom stereocenters. The van der Waals surface area contributed by atoms with Crippen molar-refractivity contribution in [3.8, 4) is 0 Å². The lowest BCUT2D eigenvalue weighted by atomic mass is 9.86. The van der Waals surface area contributed by atoms with Crippen LogP contribution in [0, 0.1) is 5.92 Å². The Morgan fingerprint density at radius 2 is 1.82 bits per heavy atom. The first kappa shape index (κ1) is 36.3. The molecule has 1 aromatic carbocycles. The SMILES string of the molecule is O=C(N[C@@H](CCN1CCNC(CN(CCCCNC2CCCCC2)[C@H]2CCCc3cccnc32)C1)c1ccccc1)C1CCC(F)(F)CC1. The standard InChI is InChI=1S/C40H60F2N6O/c41-40(42)21-18-33(19-22-40)39(49)46-36(31-11-3-1-4-12-31)20-27-47-28-25-44-35(29-47)30-48(26-8-7-23-43-34-15-5-2-6-16-34)37-17-9-13-32-14-10-24-45-38(32)37/h1,3-4,10-12,14,24,33-37,43-44H,2,5-9,13,15-23,25-30H2,(H,46,49)/t35?,36-,37-/m0/s1. The monoisotopic (exact) mass is 678 g/mol. The number of unbranched alkanes of at least 4 members (excludes halogenated alkanes) is 1. The molecule has 4 aliphatic rings. The van der Waals surface area contributed by atoms with Crippen molar-refractivity contribution in [3.63, 3.8) is 0 Å². The van der Waals surface area contributed by atoms with E-state index in [1.165, 1.54) is 62.6 Å². The van der Waals surface area contributed by atoms with E-state index in [0.717, 1.165) is 70.6 Å². The highest BCUT2D eigenvalue weighted by atomic mass is 19.3. The summed E-state index contributed by atoms with van der Waals surface area (Å²) in [5, 5.41) is 11.0. The van der Waals surface area contributed by atoms with Crippen LogP contribution in [0.2, 0.25) is 0 Å². The number of piperazine rings is 1. The van der Waals surface area contributed by atoms with Crippen LogP contribution in [0.3, 0.4) is 0 Å². The average Bonchev–Trinajstić information content (AvgIpc) is 3.13. The second-order valence-electron chi connectivity index (χ2n) is 15.3. The minimum absolute atomic E-state index is 0.0755. The maximum Gasteiger partial charge on any atom is 0.248 e. The molecule has 7 nitrogen and oxygen atoms in total. The van der Waals surface area contributed by atoms with Gasteiger partial charge < -0.3 is 20.9 Å². The molecule has 3 fully saturated rings. The van der Waals surface area contributed by atoms with E-state index in [9.17, 15) is 13.6 Å². The highest BCUT2D eigenvalue weighted by Gasteiger charge is 2.38. The molecule has 3 aliphatic carbocycles. The smallest absolute Gasteiger partial charge is 0.248 e. The zero-order valence-corrected chi connectivity index (χ0v) is 29.6. The molecule has 270 valence electrons. The van der Waals surface area contributed by atoms with Gasteiger partial charge in [0.2, 0.25) is 11.8 Å². The molecule has 3 atom stereocenters. The predicted octanol–water partition coefficient (Wildman–Crippen LogP) is 6.81. The van der Waals surface area contributed by atoms with Crippen LogP contribution >= 0.6 is 0 Å². The van der Waals surface area contributed by atoms with Gasteiger partial charge in [-0.15, -0.1) is 0 Å². The third-order valence-electron chi connectivity index (χ3n) is 11.7. The Balaban J connectivity index is 1.05. The Bertz CT molecular complexity index is 1280. The number of amides is 1. The van der Waals surface area contributed by atoms with E-state index in [0.29, 0.717) is 18.1 Å². The largest absolute Gasteiger partial charge is 0.349 e. The van der Waals surface area contributed by atoms with Crippen LogP contribution in [0.15, 0.2) is 48.7 Å². The Morgan fingerprint density at radius 1 is 1.00 bits per heavy atom. The topological polar surface area (TPSA) is 72.5 Å². The highest BCUT2D eigenvalue weighted by molar-refractivity contribution is 5.79. The number of rotatable bonds is 15. The zero-order valence-electron chi connectivity index (χ0n) is 29.6. The van der Waals surface area contributed by atoms with Crippen molar-refractivity contribution in [1.29, 1.82) is 0 Å². The van der Waals surface area contributed by atoms with Gasteiger partial charge in [-0.05, 0) is 94.5 Å². The molecular formula is C40H60F2N6O. The average molecular weight is 679 g/mol. The molecule has 2 aromatic rings. The minimum atomic E-state index is -2.63. The van der Waals surface area contributed by atoms with Gasteiger partial charge in [0.25, 0.3) is 0 Å². The van der Waals surface area contributed by atoms with Crippen LogP contribution in [0.25, 0.3) is 0 Å². The Kier molecular flexibility index (Phi) is 13.5. The first-order chi connectivity index (χ1) is 23.9. The van der Waals surface area contributed by atoms with E-state index in [4.69, 9.17) is 4.98 Å². The van der Waals surface area contributed by atoms with E-state index in [2.05, 4.69) is 50.0 Å². The molecule has 1 amide bonds. The summed E-state index contributed by atoms with van der Waals surface area (Å²) in [6.07, 6.45) is 15.6. The third kappa shape index (κ3) is 10.8. The number of hydrogen-bond donors (Lipinski definition) is 3. The summed E-state index contributed by atoms with van der Waals surface area (Å²) in [7, 11) is 0. The molecule has 1 aliphatic heterocycles. The quantitative estimate of drug-likeness (QED) is 0.180. The van der Waals surface area contributed by atoms with Gasteiger partial charge in [-0.3, -0.25) is 14.7 Å². The maximum absolute atomic E-state index is 13.8. The first-order valence-electron chi connectivity index (χ1n) is 19.5. The number of carbonyl (C=O) groups is 1. The summed E-state index contributed by atoms with van der Waals surface area (Å²) in [5.74, 6) is -3.04. The normalized spacial score (nSPS) is 24.4. The van der Waals surface area contributed by atoms with Crippen molar-refractivity contribution < 1.29 is 13.6 Å². The van der Waals surface area contributed by atoms with Crippen molar-refractivity contribution >= 4 is 5.91 Å². The van der Waals surface area contributed by atoms with Crippen LogP contribution in [0.4, 0.5) is 8.78 Å². The van der Waals surface area contributed by atoms with Crippen molar-refractivity contribution in [2.24, 2.45) is 5.92 Å². The van der Waals surface area contributed by atoms with Crippen LogP contribution in [0.1, 0.15) is 119 Å². The molecule has 49 heavy (non-hydrogen) atoms. The molecule has 3 N–H and O–H groups in total. The number of hydrogen-bond acceptors (Lipinski definition) is 6. The van der Waals surface area contributed by atoms with Crippen molar-refractivity contribution in [2.75, 3.05) is 45.8 Å². The number of benzene rings is 1. The molecule has 2 saturated carbocycles. The summed E-state index contributed by atoms with van der Waals surface area (Å²) >= 11 is 0. The number of aromatic nitrogens is 1. The molecule has 6 rings (SSSR count). The Labute approximate surface area is 293 Å². The number of nitrogens with zero attached hydrogens (tertiary/aromatic N) is 3. The first-order valence-corrected chi connectivity index (χ1v) is 19.5. The van der Waals surface area contributed by atoms with Gasteiger partial charge in [-0.25, -0.2) is 8.78 Å². The van der Waals surface area contributed by atoms with E-state index in [1.54, 1.807) is 0 Å². The molecule has 1 aromatic heterocycles. The lowest BCUT2D eigenvalue weighted by molar-refractivity contribution is -0.130. The predicted molar refractivity (Wildman–Crippen MR) is 193 cm³/mol. The molecule has 0 bridgehead atoms. The van der Waals surface area contributed by atoms with Crippen LogP contribution in [-0.4, -0.2) is 84.5 Å². The number of aryl methyl sites for hydroxylation is 1. The Morgan fingerprint density at radius 3 is 2.63 bits per heavy atom. The van der Waals surface area contributed by atoms with Gasteiger partial charge in [0.15, 0.2) is 0 Å². The van der Waals surface area contributed by atoms with Crippen LogP contribution in [-0.2, 0) is 11.2 Å². The van der Waals surface area contributed by atoms with Crippen LogP contribution < -0.4 is 16.0 Å². The third-order valence-corrected chi connectivity index (χ3v) is 11.7. The lowest BCUT2D eigenvalue weighted by Crippen LogP contribution is -2.56. The molecule has 2 heterocycles. The number of pyridine rings is 1. The van der Waals surface area contributed by atoms with E-state index in [-0.39, 0.29) is 43.6 Å². The fourth-order valence-electron chi connectivity index (χ4n) is 8.78. The molecule has 1 saturated heterocycles. The second kappa shape index (κ2) is 18.2. The highest BCUT2D eigenvalue weighted by Crippen LogP contribution is 2.37. The lowest BCUT2D eigenvalue weighted by Gasteiger charge is -2.41. The van der Waals surface area contributed by atoms with Gasteiger partial charge in [-0.1, -0.05) is 55.7 Å². The van der Waals surface area contributed by atoms with Crippen molar-refractivity contribution in [1.82, 2.24) is 30.7 Å². The summed E-state index contributed by atoms with van der Waals surface area (Å²) in [4.78, 5) is 23.5. The maximum atomic E-state index is 13.8. The van der Waals surface area contributed by atoms with E-state index >= 15 is 0 Å². The number of alkyl halides is 2. The molecule has 9 heteroatoms. The van der Waals surface area contributed by atoms with Crippen molar-refractivity contribution in [3.05, 3.63) is 65.5 Å². The minimum Gasteiger partial charge on any atom is -0.349 e. The number of nitrogens with one attached hydrogen (secondary N) is 3. The molecule has 0 radical (unpaired) electrons. The van der Waals surface area contributed by atoms with Crippen molar-refractivity contribution in [2.45, 2.75) is 126 Å². The fraction of sp³-hybridized carbons (Fsp3) is 0.700. The second-order valence-corrected chi connectivity index (χ2v) is 15.3. The van der Waals surface area contributed by atoms with Gasteiger partial charge in [0.1, 0.15) is 0 Å². The molecule has 0 spiro atoms. The van der Waals surface area contributed by atoms with E-state index < -0.39 is 5.92 Å². The summed E-state index contributed by atoms with van der Waals surface area (Å²) < 4.78 is 27.6. The summed E-state index contributed by atoms with van der Waals surface area (Å²) in [6.45, 7) is 6.96. The molecular weight excluding hydrogens is 618 g/mol. The van der Waals surface area contributed by atoms with E-state index in [1.807, 2.05) is 24.4 Å². The zero-order chi connectivity index (χ0) is 33.9. The summed E-state index contributed by atoms with van der Waals surface area (Å²) in [5.41, 5.74) is 3.78. The van der Waals surface area contributed by atoms with Crippen LogP contribution in [0.5, 0.6) is 0 Å². The van der Waals surface area contributed by atoms with Gasteiger partial charge in [0, 0.05) is 69.8 Å². The Hall–Kier alpha value is -2.46. The number of carbonyl (C=O) groups excluding carboxylic acids is 1. The van der Waals surface area contributed by atoms with Gasteiger partial charge >= 0.3 is 0 Å². The van der Waals surface area contributed by atoms with Gasteiger partial charge in [-0.2, -0.15) is 0 Å². The van der Waals surface area contributed by atoms with Gasteiger partial charge in [0.05, 0.1) is 17.8 Å². The number of fused-ring (bicyclic) bond motifs is 1. The fourth-order valence-corrected chi connectivity index (χ4v) is 8.78.